The first-order valence-corrected chi connectivity index (χ1v) is 4.76. The van der Waals surface area contributed by atoms with E-state index in [-0.39, 0.29) is 31.7 Å². The van der Waals surface area contributed by atoms with Crippen LogP contribution >= 0.6 is 0 Å². The molecule has 0 radical (unpaired) electrons. The van der Waals surface area contributed by atoms with E-state index >= 15 is 0 Å². The molecule has 0 fully saturated rings. The number of hydrogen-bond acceptors (Lipinski definition) is 5. The molecule has 0 heterocycles. The van der Waals surface area contributed by atoms with E-state index in [0.29, 0.717) is 0 Å². The smallest absolute Gasteiger partial charge is 0.748 e. The van der Waals surface area contributed by atoms with Crippen molar-refractivity contribution in [1.82, 2.24) is 0 Å². The molecule has 0 aliphatic carbocycles. The Labute approximate surface area is 83.7 Å². The average Bonchev–Trinajstić information content (AvgIpc) is 1.85. The Balaban J connectivity index is 0. The average molecular weight is 190 g/mol. The molecule has 0 spiro atoms. The van der Waals surface area contributed by atoms with Crippen molar-refractivity contribution in [3.05, 3.63) is 0 Å². The van der Waals surface area contributed by atoms with E-state index in [1.165, 1.54) is 0 Å². The molecule has 0 saturated heterocycles. The summed E-state index contributed by atoms with van der Waals surface area (Å²) in [6.45, 7) is -0.404. The van der Waals surface area contributed by atoms with Crippen LogP contribution in [-0.4, -0.2) is 41.6 Å². The minimum atomic E-state index is -4.17. The number of aliphatic hydroxyl groups is 2. The van der Waals surface area contributed by atoms with Gasteiger partial charge in [0.25, 0.3) is 0 Å². The summed E-state index contributed by atoms with van der Waals surface area (Å²) in [6, 6.07) is 0. The fourth-order valence-electron chi connectivity index (χ4n) is 0.587. The molecule has 5 nitrogen and oxygen atoms in total. The van der Waals surface area contributed by atoms with Gasteiger partial charge < -0.3 is 14.8 Å². The normalized spacial score (nSPS) is 13.6. The van der Waals surface area contributed by atoms with Crippen LogP contribution in [0.3, 0.4) is 0 Å². The molecule has 0 saturated carbocycles. The van der Waals surface area contributed by atoms with Crippen LogP contribution in [0.4, 0.5) is 0 Å². The van der Waals surface area contributed by atoms with Gasteiger partial charge in [0.15, 0.2) is 0 Å². The molecule has 0 rings (SSSR count). The fourth-order valence-corrected chi connectivity index (χ4v) is 1.11. The topological polar surface area (TPSA) is 97.7 Å². The zero-order valence-electron chi connectivity index (χ0n) is 6.93. The van der Waals surface area contributed by atoms with Gasteiger partial charge in [-0.3, -0.25) is 0 Å². The van der Waals surface area contributed by atoms with Crippen molar-refractivity contribution in [2.75, 3.05) is 12.4 Å². The summed E-state index contributed by atoms with van der Waals surface area (Å²) in [6.07, 6.45) is -0.692. The molecule has 0 aromatic rings. The van der Waals surface area contributed by atoms with Gasteiger partial charge in [0.2, 0.25) is 0 Å². The first kappa shape index (κ1) is 14.9. The molecule has 0 aliphatic rings. The van der Waals surface area contributed by atoms with E-state index in [2.05, 4.69) is 0 Å². The monoisotopic (exact) mass is 190 g/mol. The first-order valence-electron chi connectivity index (χ1n) is 3.18. The van der Waals surface area contributed by atoms with Gasteiger partial charge in [0.1, 0.15) is 0 Å². The summed E-state index contributed by atoms with van der Waals surface area (Å²) in [5.41, 5.74) is 0. The van der Waals surface area contributed by atoms with Gasteiger partial charge in [-0.2, -0.15) is 0 Å². The Bertz CT molecular complexity index is 190. The van der Waals surface area contributed by atoms with Gasteiger partial charge in [-0.1, -0.05) is 0 Å². The summed E-state index contributed by atoms with van der Waals surface area (Å²) in [4.78, 5) is 0. The van der Waals surface area contributed by atoms with E-state index in [0.717, 1.165) is 0 Å². The van der Waals surface area contributed by atoms with Gasteiger partial charge in [-0.15, -0.1) is 0 Å². The van der Waals surface area contributed by atoms with Gasteiger partial charge in [-0.05, 0) is 12.8 Å². The Morgan fingerprint density at radius 3 is 2.25 bits per heavy atom. The second kappa shape index (κ2) is 6.89. The SMILES string of the molecule is O=S(=O)([O-])CCCC(O)CO.[Li+]. The summed E-state index contributed by atoms with van der Waals surface area (Å²) in [7, 11) is -4.17. The summed E-state index contributed by atoms with van der Waals surface area (Å²) >= 11 is 0. The summed E-state index contributed by atoms with van der Waals surface area (Å²) < 4.78 is 30.0. The van der Waals surface area contributed by atoms with E-state index in [1.807, 2.05) is 0 Å². The minimum absolute atomic E-state index is 0. The molecule has 0 amide bonds. The van der Waals surface area contributed by atoms with Gasteiger partial charge in [0.05, 0.1) is 22.8 Å². The maximum absolute atomic E-state index is 10.0. The molecular formula is C5H11LiO5S. The van der Waals surface area contributed by atoms with Crippen LogP contribution in [0.25, 0.3) is 0 Å². The van der Waals surface area contributed by atoms with Crippen molar-refractivity contribution in [3.63, 3.8) is 0 Å². The predicted molar refractivity (Wildman–Crippen MR) is 36.9 cm³/mol. The molecule has 0 aromatic heterocycles. The first-order chi connectivity index (χ1) is 4.95. The molecule has 12 heavy (non-hydrogen) atoms. The quantitative estimate of drug-likeness (QED) is 0.337. The zero-order chi connectivity index (χ0) is 8.91. The summed E-state index contributed by atoms with van der Waals surface area (Å²) in [5.74, 6) is -0.482. The minimum Gasteiger partial charge on any atom is -0.748 e. The van der Waals surface area contributed by atoms with Crippen LogP contribution in [0.15, 0.2) is 0 Å². The van der Waals surface area contributed by atoms with E-state index in [4.69, 9.17) is 10.2 Å². The van der Waals surface area contributed by atoms with Crippen LogP contribution in [0.2, 0.25) is 0 Å². The third-order valence-electron chi connectivity index (χ3n) is 1.14. The predicted octanol–water partition coefficient (Wildman–Crippen LogP) is -4.33. The van der Waals surface area contributed by atoms with E-state index < -0.39 is 28.6 Å². The number of rotatable bonds is 5. The molecule has 0 aromatic carbocycles. The van der Waals surface area contributed by atoms with Crippen LogP contribution in [0, 0.1) is 0 Å². The van der Waals surface area contributed by atoms with Crippen molar-refractivity contribution in [2.45, 2.75) is 18.9 Å². The molecule has 1 atom stereocenters. The number of hydrogen-bond donors (Lipinski definition) is 2. The van der Waals surface area contributed by atoms with Gasteiger partial charge in [0, 0.05) is 5.75 Å². The second-order valence-corrected chi connectivity index (χ2v) is 3.76. The Morgan fingerprint density at radius 2 is 1.92 bits per heavy atom. The molecule has 68 valence electrons. The third kappa shape index (κ3) is 10.4. The van der Waals surface area contributed by atoms with Crippen molar-refractivity contribution in [2.24, 2.45) is 0 Å². The molecule has 0 aliphatic heterocycles. The summed E-state index contributed by atoms with van der Waals surface area (Å²) in [5, 5.41) is 17.0. The van der Waals surface area contributed by atoms with E-state index in [1.54, 1.807) is 0 Å². The van der Waals surface area contributed by atoms with Crippen molar-refractivity contribution in [1.29, 1.82) is 0 Å². The maximum atomic E-state index is 10.0. The van der Waals surface area contributed by atoms with Crippen molar-refractivity contribution in [3.8, 4) is 0 Å². The Kier molecular flexibility index (Phi) is 8.57. The van der Waals surface area contributed by atoms with Crippen LogP contribution in [0.1, 0.15) is 12.8 Å². The molecule has 7 heteroatoms. The standard InChI is InChI=1S/C5H12O5S.Li/c6-4-5(7)2-1-3-11(8,9)10;/h5-7H,1-4H2,(H,8,9,10);/q;+1/p-1. The maximum Gasteiger partial charge on any atom is 1.00 e. The Hall–Kier alpha value is 0.427. The van der Waals surface area contributed by atoms with Crippen molar-refractivity contribution < 1.29 is 42.0 Å². The molecule has 1 unspecified atom stereocenters. The second-order valence-electron chi connectivity index (χ2n) is 2.24. The van der Waals surface area contributed by atoms with Crippen LogP contribution < -0.4 is 18.9 Å². The molecule has 2 N–H and O–H groups in total. The third-order valence-corrected chi connectivity index (χ3v) is 1.93. The van der Waals surface area contributed by atoms with Gasteiger partial charge >= 0.3 is 18.9 Å². The Morgan fingerprint density at radius 1 is 1.42 bits per heavy atom. The number of aliphatic hydroxyl groups excluding tert-OH is 2. The van der Waals surface area contributed by atoms with Crippen LogP contribution in [0.5, 0.6) is 0 Å². The molecular weight excluding hydrogens is 179 g/mol. The fraction of sp³-hybridized carbons (Fsp3) is 1.00. The van der Waals surface area contributed by atoms with Crippen molar-refractivity contribution >= 4 is 10.1 Å². The van der Waals surface area contributed by atoms with E-state index in [9.17, 15) is 13.0 Å². The zero-order valence-corrected chi connectivity index (χ0v) is 7.75. The molecule has 0 bridgehead atoms. The van der Waals surface area contributed by atoms with Gasteiger partial charge in [-0.25, -0.2) is 8.42 Å². The van der Waals surface area contributed by atoms with Crippen LogP contribution in [-0.2, 0) is 10.1 Å². The largest absolute Gasteiger partial charge is 1.00 e.